The third-order valence-electron chi connectivity index (χ3n) is 3.08. The third-order valence-corrected chi connectivity index (χ3v) is 3.69. The van der Waals surface area contributed by atoms with Crippen LogP contribution in [0.5, 0.6) is 0 Å². The highest BCUT2D eigenvalue weighted by Crippen LogP contribution is 2.27. The smallest absolute Gasteiger partial charge is 0.137 e. The van der Waals surface area contributed by atoms with Crippen LogP contribution in [0.4, 0.5) is 8.78 Å². The SMILES string of the molecule is CCNC(c1cc(C)cc(F)c1)c1ccc(F)c(Br)c1. The molecule has 1 atom stereocenters. The van der Waals surface area contributed by atoms with Gasteiger partial charge in [0, 0.05) is 0 Å². The molecule has 0 spiro atoms. The average Bonchev–Trinajstić information content (AvgIpc) is 2.38. The highest BCUT2D eigenvalue weighted by molar-refractivity contribution is 9.10. The average molecular weight is 340 g/mol. The van der Waals surface area contributed by atoms with Crippen molar-refractivity contribution in [3.05, 3.63) is 69.2 Å². The zero-order valence-corrected chi connectivity index (χ0v) is 13.0. The lowest BCUT2D eigenvalue weighted by Crippen LogP contribution is -2.22. The second-order valence-corrected chi connectivity index (χ2v) is 5.58. The summed E-state index contributed by atoms with van der Waals surface area (Å²) >= 11 is 3.19. The fourth-order valence-corrected chi connectivity index (χ4v) is 2.65. The molecule has 0 aliphatic carbocycles. The van der Waals surface area contributed by atoms with Crippen LogP contribution in [0.15, 0.2) is 40.9 Å². The third kappa shape index (κ3) is 3.44. The van der Waals surface area contributed by atoms with Gasteiger partial charge < -0.3 is 5.32 Å². The van der Waals surface area contributed by atoms with Gasteiger partial charge in [-0.1, -0.05) is 19.1 Å². The van der Waals surface area contributed by atoms with E-state index >= 15 is 0 Å². The highest BCUT2D eigenvalue weighted by Gasteiger charge is 2.15. The summed E-state index contributed by atoms with van der Waals surface area (Å²) in [5.41, 5.74) is 2.59. The first-order chi connectivity index (χ1) is 9.51. The normalized spacial score (nSPS) is 12.4. The zero-order chi connectivity index (χ0) is 14.7. The van der Waals surface area contributed by atoms with Gasteiger partial charge in [-0.2, -0.15) is 0 Å². The molecule has 4 heteroatoms. The summed E-state index contributed by atoms with van der Waals surface area (Å²) in [4.78, 5) is 0. The lowest BCUT2D eigenvalue weighted by Gasteiger charge is -2.20. The lowest BCUT2D eigenvalue weighted by molar-refractivity contribution is 0.596. The monoisotopic (exact) mass is 339 g/mol. The van der Waals surface area contributed by atoms with Crippen molar-refractivity contribution in [3.63, 3.8) is 0 Å². The zero-order valence-electron chi connectivity index (χ0n) is 11.4. The van der Waals surface area contributed by atoms with Crippen molar-refractivity contribution in [1.82, 2.24) is 5.32 Å². The Morgan fingerprint density at radius 3 is 2.45 bits per heavy atom. The van der Waals surface area contributed by atoms with E-state index in [1.54, 1.807) is 12.1 Å². The van der Waals surface area contributed by atoms with Crippen LogP contribution < -0.4 is 5.32 Å². The summed E-state index contributed by atoms with van der Waals surface area (Å²) in [6.07, 6.45) is 0. The van der Waals surface area contributed by atoms with Crippen LogP contribution in [0.25, 0.3) is 0 Å². The molecule has 0 radical (unpaired) electrons. The molecule has 0 saturated carbocycles. The van der Waals surface area contributed by atoms with E-state index in [0.29, 0.717) is 4.47 Å². The van der Waals surface area contributed by atoms with Crippen LogP contribution >= 0.6 is 15.9 Å². The number of nitrogens with one attached hydrogen (secondary N) is 1. The molecule has 1 nitrogen and oxygen atoms in total. The van der Waals surface area contributed by atoms with Crippen molar-refractivity contribution in [1.29, 1.82) is 0 Å². The van der Waals surface area contributed by atoms with Gasteiger partial charge in [-0.3, -0.25) is 0 Å². The Balaban J connectivity index is 2.46. The molecule has 2 aromatic rings. The highest BCUT2D eigenvalue weighted by atomic mass is 79.9. The summed E-state index contributed by atoms with van der Waals surface area (Å²) in [7, 11) is 0. The predicted octanol–water partition coefficient (Wildman–Crippen LogP) is 4.73. The molecule has 2 aromatic carbocycles. The molecule has 0 amide bonds. The molecule has 0 aliphatic rings. The number of rotatable bonds is 4. The van der Waals surface area contributed by atoms with Crippen molar-refractivity contribution in [2.75, 3.05) is 6.54 Å². The first-order valence-electron chi connectivity index (χ1n) is 6.46. The number of hydrogen-bond donors (Lipinski definition) is 1. The minimum absolute atomic E-state index is 0.161. The molecule has 1 unspecified atom stereocenters. The molecule has 0 fully saturated rings. The minimum Gasteiger partial charge on any atom is -0.307 e. The van der Waals surface area contributed by atoms with Gasteiger partial charge in [-0.15, -0.1) is 0 Å². The second kappa shape index (κ2) is 6.46. The second-order valence-electron chi connectivity index (χ2n) is 4.73. The van der Waals surface area contributed by atoms with Gasteiger partial charge >= 0.3 is 0 Å². The summed E-state index contributed by atoms with van der Waals surface area (Å²) < 4.78 is 27.4. The predicted molar refractivity (Wildman–Crippen MR) is 80.8 cm³/mol. The molecule has 1 N–H and O–H groups in total. The molecule has 20 heavy (non-hydrogen) atoms. The number of benzene rings is 2. The Kier molecular flexibility index (Phi) is 4.89. The molecule has 2 rings (SSSR count). The molecular formula is C16H16BrF2N. The molecule has 0 bridgehead atoms. The maximum atomic E-state index is 13.6. The molecule has 0 saturated heterocycles. The van der Waals surface area contributed by atoms with E-state index in [1.807, 2.05) is 19.9 Å². The van der Waals surface area contributed by atoms with E-state index in [-0.39, 0.29) is 17.7 Å². The minimum atomic E-state index is -0.306. The van der Waals surface area contributed by atoms with Gasteiger partial charge in [0.05, 0.1) is 10.5 Å². The van der Waals surface area contributed by atoms with Gasteiger partial charge in [0.1, 0.15) is 11.6 Å². The molecule has 0 heterocycles. The van der Waals surface area contributed by atoms with E-state index in [2.05, 4.69) is 21.2 Å². The van der Waals surface area contributed by atoms with Gasteiger partial charge in [0.15, 0.2) is 0 Å². The number of hydrogen-bond acceptors (Lipinski definition) is 1. The van der Waals surface area contributed by atoms with E-state index in [1.165, 1.54) is 18.2 Å². The van der Waals surface area contributed by atoms with E-state index in [9.17, 15) is 8.78 Å². The van der Waals surface area contributed by atoms with Gasteiger partial charge in [0.25, 0.3) is 0 Å². The van der Waals surface area contributed by atoms with Crippen LogP contribution in [0.3, 0.4) is 0 Å². The van der Waals surface area contributed by atoms with Gasteiger partial charge in [-0.05, 0) is 70.4 Å². The largest absolute Gasteiger partial charge is 0.307 e. The van der Waals surface area contributed by atoms with Crippen LogP contribution in [0.1, 0.15) is 29.7 Å². The maximum absolute atomic E-state index is 13.6. The van der Waals surface area contributed by atoms with Crippen LogP contribution in [0, 0.1) is 18.6 Å². The van der Waals surface area contributed by atoms with E-state index in [4.69, 9.17) is 0 Å². The van der Waals surface area contributed by atoms with Crippen molar-refractivity contribution in [2.24, 2.45) is 0 Å². The lowest BCUT2D eigenvalue weighted by atomic mass is 9.97. The number of aryl methyl sites for hydroxylation is 1. The fourth-order valence-electron chi connectivity index (χ4n) is 2.26. The van der Waals surface area contributed by atoms with Gasteiger partial charge in [0.2, 0.25) is 0 Å². The van der Waals surface area contributed by atoms with Crippen molar-refractivity contribution < 1.29 is 8.78 Å². The standard InChI is InChI=1S/C16H16BrF2N/c1-3-20-16(11-4-5-15(19)14(17)9-11)12-6-10(2)7-13(18)8-12/h4-9,16,20H,3H2,1-2H3. The van der Waals surface area contributed by atoms with Crippen molar-refractivity contribution in [3.8, 4) is 0 Å². The summed E-state index contributed by atoms with van der Waals surface area (Å²) in [5.74, 6) is -0.566. The van der Waals surface area contributed by atoms with Gasteiger partial charge in [-0.25, -0.2) is 8.78 Å². The molecule has 0 aliphatic heterocycles. The van der Waals surface area contributed by atoms with Crippen LogP contribution in [0.2, 0.25) is 0 Å². The maximum Gasteiger partial charge on any atom is 0.137 e. The first kappa shape index (κ1) is 15.1. The Morgan fingerprint density at radius 2 is 1.85 bits per heavy atom. The van der Waals surface area contributed by atoms with Crippen LogP contribution in [-0.4, -0.2) is 6.54 Å². The van der Waals surface area contributed by atoms with Crippen LogP contribution in [-0.2, 0) is 0 Å². The van der Waals surface area contributed by atoms with Crippen molar-refractivity contribution in [2.45, 2.75) is 19.9 Å². The summed E-state index contributed by atoms with van der Waals surface area (Å²) in [5, 5.41) is 3.31. The summed E-state index contributed by atoms with van der Waals surface area (Å²) in [6.45, 7) is 4.57. The van der Waals surface area contributed by atoms with E-state index < -0.39 is 0 Å². The Hall–Kier alpha value is -1.26. The molecule has 106 valence electrons. The quantitative estimate of drug-likeness (QED) is 0.848. The Morgan fingerprint density at radius 1 is 1.10 bits per heavy atom. The van der Waals surface area contributed by atoms with E-state index in [0.717, 1.165) is 23.2 Å². The van der Waals surface area contributed by atoms with Crippen molar-refractivity contribution >= 4 is 15.9 Å². The first-order valence-corrected chi connectivity index (χ1v) is 7.26. The topological polar surface area (TPSA) is 12.0 Å². The summed E-state index contributed by atoms with van der Waals surface area (Å²) in [6, 6.07) is 9.64. The molecular weight excluding hydrogens is 324 g/mol. The molecule has 0 aromatic heterocycles. The Bertz CT molecular complexity index is 593. The Labute approximate surface area is 126 Å². The fraction of sp³-hybridized carbons (Fsp3) is 0.250. The number of halogens is 3.